The van der Waals surface area contributed by atoms with Crippen molar-refractivity contribution < 1.29 is 9.47 Å². The molecule has 0 atom stereocenters. The fourth-order valence-electron chi connectivity index (χ4n) is 2.16. The molecular weight excluding hydrogens is 342 g/mol. The first kappa shape index (κ1) is 17.2. The number of para-hydroxylation sites is 2. The highest BCUT2D eigenvalue weighted by molar-refractivity contribution is 7.07. The topological polar surface area (TPSA) is 84.1 Å². The molecule has 0 unspecified atom stereocenters. The number of rotatable bonds is 4. The summed E-state index contributed by atoms with van der Waals surface area (Å²) in [4.78, 5) is 16.8. The number of aromatic nitrogens is 5. The van der Waals surface area contributed by atoms with Crippen LogP contribution in [0.1, 0.15) is 26.6 Å². The highest BCUT2D eigenvalue weighted by Gasteiger charge is 2.22. The van der Waals surface area contributed by atoms with Crippen LogP contribution in [-0.2, 0) is 12.5 Å². The van der Waals surface area contributed by atoms with Gasteiger partial charge in [0.25, 0.3) is 5.19 Å². The Morgan fingerprint density at radius 3 is 2.56 bits per heavy atom. The van der Waals surface area contributed by atoms with Crippen molar-refractivity contribution in [2.75, 3.05) is 7.11 Å². The second-order valence-corrected chi connectivity index (χ2v) is 7.15. The van der Waals surface area contributed by atoms with Crippen molar-refractivity contribution in [3.63, 3.8) is 0 Å². The number of aryl methyl sites for hydroxylation is 1. The van der Waals surface area contributed by atoms with Gasteiger partial charge < -0.3 is 9.47 Å². The second-order valence-electron chi connectivity index (χ2n) is 6.43. The summed E-state index contributed by atoms with van der Waals surface area (Å²) >= 11 is 1.17. The van der Waals surface area contributed by atoms with Gasteiger partial charge in [-0.1, -0.05) is 32.9 Å². The molecule has 8 nitrogen and oxygen atoms in total. The molecule has 0 aliphatic carbocycles. The van der Waals surface area contributed by atoms with Crippen LogP contribution in [0.4, 0.5) is 0 Å². The van der Waals surface area contributed by atoms with Gasteiger partial charge in [0, 0.05) is 24.0 Å². The van der Waals surface area contributed by atoms with Crippen molar-refractivity contribution in [3.05, 3.63) is 40.6 Å². The molecule has 0 N–H and O–H groups in total. The van der Waals surface area contributed by atoms with Gasteiger partial charge in [0.1, 0.15) is 0 Å². The average molecular weight is 361 g/mol. The first-order valence-corrected chi connectivity index (χ1v) is 8.40. The van der Waals surface area contributed by atoms with Crippen molar-refractivity contribution in [1.82, 2.24) is 23.7 Å². The summed E-state index contributed by atoms with van der Waals surface area (Å²) in [6, 6.07) is 7.32. The number of benzene rings is 1. The Morgan fingerprint density at radius 2 is 1.92 bits per heavy atom. The second kappa shape index (κ2) is 6.32. The monoisotopic (exact) mass is 361 g/mol. The molecule has 25 heavy (non-hydrogen) atoms. The zero-order valence-corrected chi connectivity index (χ0v) is 15.5. The van der Waals surface area contributed by atoms with Gasteiger partial charge in [0.2, 0.25) is 0 Å². The normalized spacial score (nSPS) is 11.6. The maximum absolute atomic E-state index is 12.4. The highest BCUT2D eigenvalue weighted by atomic mass is 32.1. The van der Waals surface area contributed by atoms with E-state index in [1.165, 1.54) is 27.9 Å². The minimum absolute atomic E-state index is 0.166. The van der Waals surface area contributed by atoms with E-state index in [9.17, 15) is 4.79 Å². The summed E-state index contributed by atoms with van der Waals surface area (Å²) in [7, 11) is 3.02. The Morgan fingerprint density at radius 1 is 1.20 bits per heavy atom. The molecule has 3 aromatic rings. The molecular formula is C16H19N5O3S. The van der Waals surface area contributed by atoms with Crippen LogP contribution in [0.15, 0.2) is 29.1 Å². The Hall–Kier alpha value is -2.68. The molecule has 3 rings (SSSR count). The summed E-state index contributed by atoms with van der Waals surface area (Å²) < 4.78 is 18.0. The maximum atomic E-state index is 12.4. The first-order chi connectivity index (χ1) is 11.8. The lowest BCUT2D eigenvalue weighted by molar-refractivity contribution is 0.367. The molecule has 0 fully saturated rings. The van der Waals surface area contributed by atoms with Gasteiger partial charge >= 0.3 is 11.7 Å². The summed E-state index contributed by atoms with van der Waals surface area (Å²) in [5.41, 5.74) is 0.0201. The molecule has 2 aromatic heterocycles. The van der Waals surface area contributed by atoms with E-state index < -0.39 is 0 Å². The van der Waals surface area contributed by atoms with Crippen LogP contribution in [0.25, 0.3) is 5.69 Å². The number of methoxy groups -OCH3 is 1. The van der Waals surface area contributed by atoms with Gasteiger partial charge in [-0.25, -0.2) is 14.0 Å². The Bertz CT molecular complexity index is 951. The van der Waals surface area contributed by atoms with E-state index >= 15 is 0 Å². The Balaban J connectivity index is 2.03. The fraction of sp³-hybridized carbons (Fsp3) is 0.375. The van der Waals surface area contributed by atoms with Crippen molar-refractivity contribution in [2.45, 2.75) is 26.2 Å². The fourth-order valence-corrected chi connectivity index (χ4v) is 2.89. The van der Waals surface area contributed by atoms with Crippen LogP contribution in [0.3, 0.4) is 0 Å². The van der Waals surface area contributed by atoms with Gasteiger partial charge in [-0.2, -0.15) is 9.36 Å². The molecule has 132 valence electrons. The minimum atomic E-state index is -0.333. The van der Waals surface area contributed by atoms with Gasteiger partial charge in [-0.3, -0.25) is 0 Å². The lowest BCUT2D eigenvalue weighted by atomic mass is 9.96. The van der Waals surface area contributed by atoms with Crippen molar-refractivity contribution in [2.24, 2.45) is 7.05 Å². The molecule has 0 aliphatic heterocycles. The third kappa shape index (κ3) is 3.27. The standard InChI is InChI=1S/C16H19N5O3S/c1-16(2,3)12-17-14(25-19-12)24-11-9-7-6-8-10(11)21-13(23-5)18-20(4)15(21)22/h6-9H,1-5H3. The number of nitrogens with zero attached hydrogens (tertiary/aromatic N) is 5. The molecule has 0 bridgehead atoms. The summed E-state index contributed by atoms with van der Waals surface area (Å²) in [6.07, 6.45) is 0. The van der Waals surface area contributed by atoms with Crippen molar-refractivity contribution in [3.8, 4) is 22.6 Å². The average Bonchev–Trinajstić information content (AvgIpc) is 3.14. The predicted molar refractivity (Wildman–Crippen MR) is 94.0 cm³/mol. The molecule has 9 heteroatoms. The van der Waals surface area contributed by atoms with Crippen LogP contribution in [0.5, 0.6) is 17.0 Å². The summed E-state index contributed by atoms with van der Waals surface area (Å²) in [5.74, 6) is 1.17. The third-order valence-corrected chi connectivity index (χ3v) is 4.05. The molecule has 0 amide bonds. The Kier molecular flexibility index (Phi) is 4.34. The molecule has 0 spiro atoms. The van der Waals surface area contributed by atoms with Crippen LogP contribution >= 0.6 is 11.5 Å². The Labute approximate surface area is 148 Å². The third-order valence-electron chi connectivity index (χ3n) is 3.46. The maximum Gasteiger partial charge on any atom is 0.353 e. The van der Waals surface area contributed by atoms with Gasteiger partial charge in [-0.05, 0) is 12.1 Å². The first-order valence-electron chi connectivity index (χ1n) is 7.62. The predicted octanol–water partition coefficient (Wildman–Crippen LogP) is 2.52. The zero-order valence-electron chi connectivity index (χ0n) is 14.7. The molecule has 0 radical (unpaired) electrons. The van der Waals surface area contributed by atoms with E-state index in [0.717, 1.165) is 0 Å². The van der Waals surface area contributed by atoms with Crippen molar-refractivity contribution in [1.29, 1.82) is 0 Å². The number of hydrogen-bond acceptors (Lipinski definition) is 7. The summed E-state index contributed by atoms with van der Waals surface area (Å²) in [6.45, 7) is 6.10. The van der Waals surface area contributed by atoms with Crippen LogP contribution in [0, 0.1) is 0 Å². The van der Waals surface area contributed by atoms with E-state index in [0.29, 0.717) is 22.5 Å². The van der Waals surface area contributed by atoms with Crippen LogP contribution in [0.2, 0.25) is 0 Å². The minimum Gasteiger partial charge on any atom is -0.467 e. The van der Waals surface area contributed by atoms with Gasteiger partial charge in [0.15, 0.2) is 11.6 Å². The lowest BCUT2D eigenvalue weighted by Crippen LogP contribution is -2.22. The van der Waals surface area contributed by atoms with E-state index in [4.69, 9.17) is 9.47 Å². The largest absolute Gasteiger partial charge is 0.467 e. The SMILES string of the molecule is COc1nn(C)c(=O)n1-c1ccccc1Oc1nc(C(C)(C)C)ns1. The quantitative estimate of drug-likeness (QED) is 0.710. The van der Waals surface area contributed by atoms with Crippen LogP contribution < -0.4 is 15.2 Å². The summed E-state index contributed by atoms with van der Waals surface area (Å²) in [5, 5.41) is 4.46. The molecule has 0 aliphatic rings. The van der Waals surface area contributed by atoms with E-state index in [1.807, 2.05) is 32.9 Å². The highest BCUT2D eigenvalue weighted by Crippen LogP contribution is 2.32. The van der Waals surface area contributed by atoms with Crippen LogP contribution in [-0.4, -0.2) is 30.8 Å². The molecule has 0 saturated carbocycles. The van der Waals surface area contributed by atoms with Crippen molar-refractivity contribution >= 4 is 11.5 Å². The molecule has 2 heterocycles. The smallest absolute Gasteiger partial charge is 0.353 e. The van der Waals surface area contributed by atoms with E-state index in [2.05, 4.69) is 14.5 Å². The van der Waals surface area contributed by atoms with E-state index in [-0.39, 0.29) is 17.1 Å². The molecule has 0 saturated heterocycles. The van der Waals surface area contributed by atoms with Gasteiger partial charge in [0.05, 0.1) is 12.8 Å². The van der Waals surface area contributed by atoms with Gasteiger partial charge in [-0.15, -0.1) is 5.10 Å². The number of ether oxygens (including phenoxy) is 2. The zero-order chi connectivity index (χ0) is 18.2. The number of hydrogen-bond donors (Lipinski definition) is 0. The lowest BCUT2D eigenvalue weighted by Gasteiger charge is -2.12. The van der Waals surface area contributed by atoms with E-state index in [1.54, 1.807) is 19.2 Å². The molecule has 1 aromatic carbocycles.